The van der Waals surface area contributed by atoms with Crippen LogP contribution >= 0.6 is 0 Å². The molecule has 2 rings (SSSR count). The molecule has 0 spiro atoms. The van der Waals surface area contributed by atoms with Crippen molar-refractivity contribution >= 4 is 12.0 Å². The summed E-state index contributed by atoms with van der Waals surface area (Å²) in [7, 11) is 0. The van der Waals surface area contributed by atoms with E-state index in [1.807, 2.05) is 13.8 Å². The summed E-state index contributed by atoms with van der Waals surface area (Å²) in [5.74, 6) is 0.256. The van der Waals surface area contributed by atoms with Gasteiger partial charge in [-0.05, 0) is 50.3 Å². The van der Waals surface area contributed by atoms with Gasteiger partial charge in [-0.25, -0.2) is 0 Å². The average molecular weight is 344 g/mol. The van der Waals surface area contributed by atoms with Crippen LogP contribution in [0.1, 0.15) is 30.6 Å². The van der Waals surface area contributed by atoms with E-state index in [0.29, 0.717) is 38.3 Å². The molecule has 1 aromatic carbocycles. The number of nitrogens with zero attached hydrogens (tertiary/aromatic N) is 1. The number of nitrogens with two attached hydrogens (primary N) is 1. The minimum Gasteiger partial charge on any atom is -0.507 e. The molecule has 0 atom stereocenters. The van der Waals surface area contributed by atoms with E-state index in [9.17, 15) is 9.90 Å². The molecule has 0 saturated heterocycles. The van der Waals surface area contributed by atoms with Crippen molar-refractivity contribution in [3.8, 4) is 11.5 Å². The molecule has 6 heteroatoms. The van der Waals surface area contributed by atoms with Gasteiger partial charge < -0.3 is 20.3 Å². The van der Waals surface area contributed by atoms with E-state index in [1.165, 1.54) is 12.3 Å². The van der Waals surface area contributed by atoms with Gasteiger partial charge in [0.25, 0.3) is 0 Å². The zero-order valence-corrected chi connectivity index (χ0v) is 14.6. The van der Waals surface area contributed by atoms with Crippen LogP contribution in [0.3, 0.4) is 0 Å². The van der Waals surface area contributed by atoms with E-state index in [-0.39, 0.29) is 17.4 Å². The lowest BCUT2D eigenvalue weighted by Gasteiger charge is -2.22. The second kappa shape index (κ2) is 9.03. The molecule has 0 aromatic heterocycles. The van der Waals surface area contributed by atoms with E-state index in [1.54, 1.807) is 18.2 Å². The van der Waals surface area contributed by atoms with Gasteiger partial charge >= 0.3 is 0 Å². The zero-order chi connectivity index (χ0) is 18.2. The number of allylic oxidation sites excluding steroid dienone is 1. The van der Waals surface area contributed by atoms with Crippen molar-refractivity contribution in [2.24, 2.45) is 10.7 Å². The van der Waals surface area contributed by atoms with Crippen molar-refractivity contribution in [2.75, 3.05) is 19.8 Å². The van der Waals surface area contributed by atoms with Crippen LogP contribution in [0.15, 0.2) is 46.6 Å². The van der Waals surface area contributed by atoms with Gasteiger partial charge in [-0.1, -0.05) is 6.07 Å². The van der Waals surface area contributed by atoms with Crippen LogP contribution in [0.2, 0.25) is 0 Å². The fourth-order valence-corrected chi connectivity index (χ4v) is 2.57. The van der Waals surface area contributed by atoms with Crippen LogP contribution in [0, 0.1) is 0 Å². The lowest BCUT2D eigenvalue weighted by molar-refractivity contribution is 0.111. The van der Waals surface area contributed by atoms with Crippen LogP contribution < -0.4 is 10.5 Å². The quantitative estimate of drug-likeness (QED) is 0.586. The van der Waals surface area contributed by atoms with Gasteiger partial charge in [-0.3, -0.25) is 9.79 Å². The van der Waals surface area contributed by atoms with Gasteiger partial charge in [-0.2, -0.15) is 0 Å². The Bertz CT molecular complexity index is 705. The lowest BCUT2D eigenvalue weighted by atomic mass is 9.99. The summed E-state index contributed by atoms with van der Waals surface area (Å²) < 4.78 is 11.4. The molecule has 0 aliphatic carbocycles. The van der Waals surface area contributed by atoms with Crippen LogP contribution in [-0.2, 0) is 4.74 Å². The molecule has 1 heterocycles. The lowest BCUT2D eigenvalue weighted by Crippen LogP contribution is -2.21. The Labute approximate surface area is 147 Å². The Balaban J connectivity index is 2.29. The summed E-state index contributed by atoms with van der Waals surface area (Å²) in [6, 6.07) is 4.87. The third kappa shape index (κ3) is 4.93. The number of aldehydes is 1. The second-order valence-electron chi connectivity index (χ2n) is 5.95. The van der Waals surface area contributed by atoms with Crippen molar-refractivity contribution in [1.82, 2.24) is 0 Å². The predicted molar refractivity (Wildman–Crippen MR) is 97.3 cm³/mol. The highest BCUT2D eigenvalue weighted by Gasteiger charge is 2.18. The van der Waals surface area contributed by atoms with Crippen molar-refractivity contribution < 1.29 is 19.4 Å². The van der Waals surface area contributed by atoms with E-state index >= 15 is 0 Å². The van der Waals surface area contributed by atoms with Crippen molar-refractivity contribution in [2.45, 2.75) is 26.3 Å². The van der Waals surface area contributed by atoms with Crippen LogP contribution in [0.5, 0.6) is 11.5 Å². The molecule has 134 valence electrons. The number of hydrogen-bond acceptors (Lipinski definition) is 6. The number of phenolic OH excluding ortho intramolecular Hbond substituents is 1. The molecule has 6 nitrogen and oxygen atoms in total. The summed E-state index contributed by atoms with van der Waals surface area (Å²) >= 11 is 0. The van der Waals surface area contributed by atoms with Crippen LogP contribution in [0.25, 0.3) is 0 Å². The van der Waals surface area contributed by atoms with Gasteiger partial charge in [0.05, 0.1) is 24.5 Å². The molecule has 25 heavy (non-hydrogen) atoms. The Morgan fingerprint density at radius 1 is 1.48 bits per heavy atom. The Hall–Kier alpha value is -2.60. The summed E-state index contributed by atoms with van der Waals surface area (Å²) in [5.41, 5.74) is 8.48. The maximum atomic E-state index is 11.2. The summed E-state index contributed by atoms with van der Waals surface area (Å²) in [5, 5.41) is 9.75. The molecular formula is C19H24N2O4. The van der Waals surface area contributed by atoms with Crippen LogP contribution in [-0.4, -0.2) is 43.0 Å². The van der Waals surface area contributed by atoms with Gasteiger partial charge in [0.2, 0.25) is 0 Å². The van der Waals surface area contributed by atoms with E-state index < -0.39 is 0 Å². The highest BCUT2D eigenvalue weighted by Crippen LogP contribution is 2.27. The highest BCUT2D eigenvalue weighted by molar-refractivity contribution is 6.09. The molecular weight excluding hydrogens is 320 g/mol. The maximum Gasteiger partial charge on any atom is 0.157 e. The summed E-state index contributed by atoms with van der Waals surface area (Å²) in [6.07, 6.45) is 4.52. The zero-order valence-electron chi connectivity index (χ0n) is 14.6. The maximum absolute atomic E-state index is 11.2. The molecule has 3 N–H and O–H groups in total. The third-order valence-electron chi connectivity index (χ3n) is 3.74. The number of carbonyl (C=O) groups excluding carboxylic acids is 1. The largest absolute Gasteiger partial charge is 0.507 e. The molecule has 0 bridgehead atoms. The number of carbonyl (C=O) groups is 1. The molecule has 0 unspecified atom stereocenters. The number of rotatable bonds is 7. The van der Waals surface area contributed by atoms with E-state index in [0.717, 1.165) is 16.9 Å². The first-order valence-corrected chi connectivity index (χ1v) is 8.21. The topological polar surface area (TPSA) is 94.1 Å². The minimum absolute atomic E-state index is 0.0956. The first-order chi connectivity index (χ1) is 12.1. The fraction of sp³-hybridized carbons (Fsp3) is 0.368. The predicted octanol–water partition coefficient (Wildman–Crippen LogP) is 2.62. The average Bonchev–Trinajstić information content (AvgIpc) is 2.59. The standard InChI is InChI=1S/C19H24N2O4/c1-13(2)21-17(6-8-20)16-12-24-9-7-14(16)11-25-19-5-3-4-18(23)15(19)10-22/h3-6,8,10,13,23H,7,9,11-12,20H2,1-2H3. The third-order valence-corrected chi connectivity index (χ3v) is 3.74. The molecule has 1 aliphatic rings. The van der Waals surface area contributed by atoms with E-state index in [4.69, 9.17) is 15.2 Å². The molecule has 0 radical (unpaired) electrons. The van der Waals surface area contributed by atoms with Crippen LogP contribution in [0.4, 0.5) is 0 Å². The number of ether oxygens (including phenoxy) is 2. The molecule has 0 amide bonds. The highest BCUT2D eigenvalue weighted by atomic mass is 16.5. The molecule has 1 aliphatic heterocycles. The number of benzene rings is 1. The summed E-state index contributed by atoms with van der Waals surface area (Å²) in [6.45, 7) is 5.32. The Kier molecular flexibility index (Phi) is 6.77. The molecule has 0 fully saturated rings. The number of phenols is 1. The fourth-order valence-electron chi connectivity index (χ4n) is 2.57. The molecule has 1 aromatic rings. The number of aliphatic imine (C=N–C) groups is 1. The first-order valence-electron chi connectivity index (χ1n) is 8.21. The second-order valence-corrected chi connectivity index (χ2v) is 5.95. The van der Waals surface area contributed by atoms with Crippen molar-refractivity contribution in [3.05, 3.63) is 47.2 Å². The van der Waals surface area contributed by atoms with Gasteiger partial charge in [0.15, 0.2) is 6.29 Å². The normalized spacial score (nSPS) is 15.9. The van der Waals surface area contributed by atoms with Gasteiger partial charge in [-0.15, -0.1) is 0 Å². The number of hydrogen-bond donors (Lipinski definition) is 2. The van der Waals surface area contributed by atoms with Gasteiger partial charge in [0, 0.05) is 11.6 Å². The number of aromatic hydroxyl groups is 1. The monoisotopic (exact) mass is 344 g/mol. The minimum atomic E-state index is -0.0956. The first kappa shape index (κ1) is 18.7. The van der Waals surface area contributed by atoms with E-state index in [2.05, 4.69) is 4.99 Å². The Morgan fingerprint density at radius 2 is 2.28 bits per heavy atom. The SMILES string of the molecule is CC(C)N=C(C=CN)C1=C(COc2cccc(O)c2C=O)CCOC1. The summed E-state index contributed by atoms with van der Waals surface area (Å²) in [4.78, 5) is 15.8. The van der Waals surface area contributed by atoms with Crippen molar-refractivity contribution in [1.29, 1.82) is 0 Å². The van der Waals surface area contributed by atoms with Crippen molar-refractivity contribution in [3.63, 3.8) is 0 Å². The Morgan fingerprint density at radius 3 is 2.96 bits per heavy atom. The molecule has 0 saturated carbocycles. The smallest absolute Gasteiger partial charge is 0.157 e. The van der Waals surface area contributed by atoms with Gasteiger partial charge in [0.1, 0.15) is 18.1 Å².